The molecule has 2 heterocycles. The van der Waals surface area contributed by atoms with Gasteiger partial charge in [0.1, 0.15) is 0 Å². The number of nitrogens with zero attached hydrogens (tertiary/aromatic N) is 1. The van der Waals surface area contributed by atoms with E-state index in [1.165, 1.54) is 29.0 Å². The Morgan fingerprint density at radius 2 is 2.29 bits per heavy atom. The first-order valence-electron chi connectivity index (χ1n) is 7.98. The van der Waals surface area contributed by atoms with Crippen LogP contribution in [0.5, 0.6) is 0 Å². The van der Waals surface area contributed by atoms with Gasteiger partial charge in [0.2, 0.25) is 0 Å². The molecule has 3 nitrogen and oxygen atoms in total. The third kappa shape index (κ3) is 4.02. The Kier molecular flexibility index (Phi) is 5.22. The fourth-order valence-electron chi connectivity index (χ4n) is 2.99. The molecule has 0 bridgehead atoms. The van der Waals surface area contributed by atoms with Gasteiger partial charge in [0, 0.05) is 19.1 Å². The summed E-state index contributed by atoms with van der Waals surface area (Å²) in [6.45, 7) is 0.951. The van der Waals surface area contributed by atoms with Crippen molar-refractivity contribution in [2.75, 3.05) is 13.7 Å². The molecular formula is C17H24N2OS. The molecule has 1 saturated heterocycles. The van der Waals surface area contributed by atoms with E-state index in [4.69, 9.17) is 9.72 Å². The largest absolute Gasteiger partial charge is 0.378 e. The third-order valence-corrected chi connectivity index (χ3v) is 5.34. The van der Waals surface area contributed by atoms with E-state index in [1.54, 1.807) is 0 Å². The number of ether oxygens (including phenoxy) is 1. The maximum atomic E-state index is 5.83. The number of hydrogen-bond donors (Lipinski definition) is 1. The number of thiazole rings is 1. The van der Waals surface area contributed by atoms with Crippen LogP contribution in [0.25, 0.3) is 10.2 Å². The molecule has 3 rings (SSSR count). The molecule has 0 saturated carbocycles. The van der Waals surface area contributed by atoms with Crippen molar-refractivity contribution in [1.82, 2.24) is 10.3 Å². The summed E-state index contributed by atoms with van der Waals surface area (Å²) >= 11 is 1.82. The Bertz CT molecular complexity index is 530. The summed E-state index contributed by atoms with van der Waals surface area (Å²) in [5.41, 5.74) is 1.13. The van der Waals surface area contributed by atoms with Gasteiger partial charge >= 0.3 is 0 Å². The Morgan fingerprint density at radius 3 is 3.05 bits per heavy atom. The molecule has 114 valence electrons. The lowest BCUT2D eigenvalue weighted by Crippen LogP contribution is -2.30. The van der Waals surface area contributed by atoms with Gasteiger partial charge in [0.15, 0.2) is 0 Å². The van der Waals surface area contributed by atoms with Crippen LogP contribution in [-0.2, 0) is 11.2 Å². The standard InChI is InChI=1S/C17H24N2OS/c1-18-13(9-10-14-6-4-5-11-20-14)12-17-19-15-7-2-3-8-16(15)21-17/h2-3,7-8,13-14,18H,4-6,9-12H2,1H3. The van der Waals surface area contributed by atoms with Gasteiger partial charge in [-0.3, -0.25) is 0 Å². The summed E-state index contributed by atoms with van der Waals surface area (Å²) in [7, 11) is 2.06. The smallest absolute Gasteiger partial charge is 0.0954 e. The van der Waals surface area contributed by atoms with E-state index in [-0.39, 0.29) is 0 Å². The van der Waals surface area contributed by atoms with E-state index in [0.717, 1.165) is 31.4 Å². The van der Waals surface area contributed by atoms with Gasteiger partial charge in [0.05, 0.1) is 21.3 Å². The normalized spacial score (nSPS) is 20.7. The molecular weight excluding hydrogens is 280 g/mol. The summed E-state index contributed by atoms with van der Waals surface area (Å²) < 4.78 is 7.12. The minimum Gasteiger partial charge on any atom is -0.378 e. The van der Waals surface area contributed by atoms with E-state index in [0.29, 0.717) is 12.1 Å². The number of benzene rings is 1. The average Bonchev–Trinajstić information content (AvgIpc) is 2.94. The fourth-order valence-corrected chi connectivity index (χ4v) is 4.04. The molecule has 0 spiro atoms. The molecule has 1 aliphatic heterocycles. The highest BCUT2D eigenvalue weighted by atomic mass is 32.1. The number of aromatic nitrogens is 1. The molecule has 4 heteroatoms. The van der Waals surface area contributed by atoms with Gasteiger partial charge < -0.3 is 10.1 Å². The Balaban J connectivity index is 1.55. The first-order chi connectivity index (χ1) is 10.3. The van der Waals surface area contributed by atoms with Crippen molar-refractivity contribution in [2.45, 2.75) is 50.7 Å². The molecule has 0 amide bonds. The summed E-state index contributed by atoms with van der Waals surface area (Å²) in [6.07, 6.45) is 7.61. The highest BCUT2D eigenvalue weighted by molar-refractivity contribution is 7.18. The monoisotopic (exact) mass is 304 g/mol. The Hall–Kier alpha value is -0.970. The Morgan fingerprint density at radius 1 is 1.38 bits per heavy atom. The lowest BCUT2D eigenvalue weighted by molar-refractivity contribution is 0.00870. The predicted octanol–water partition coefficient (Wildman–Crippen LogP) is 3.78. The Labute approximate surface area is 130 Å². The van der Waals surface area contributed by atoms with Crippen LogP contribution in [-0.4, -0.2) is 30.8 Å². The zero-order chi connectivity index (χ0) is 14.5. The molecule has 1 aromatic heterocycles. The quantitative estimate of drug-likeness (QED) is 0.882. The maximum Gasteiger partial charge on any atom is 0.0954 e. The van der Waals surface area contributed by atoms with Crippen LogP contribution in [0.2, 0.25) is 0 Å². The molecule has 1 fully saturated rings. The molecule has 2 atom stereocenters. The second-order valence-corrected chi connectivity index (χ2v) is 6.95. The van der Waals surface area contributed by atoms with Crippen molar-refractivity contribution in [1.29, 1.82) is 0 Å². The topological polar surface area (TPSA) is 34.1 Å². The van der Waals surface area contributed by atoms with Crippen LogP contribution in [0.1, 0.15) is 37.1 Å². The zero-order valence-corrected chi connectivity index (χ0v) is 13.5. The average molecular weight is 304 g/mol. The molecule has 2 aromatic rings. The van der Waals surface area contributed by atoms with E-state index in [1.807, 2.05) is 11.3 Å². The van der Waals surface area contributed by atoms with Gasteiger partial charge in [-0.05, 0) is 51.3 Å². The fraction of sp³-hybridized carbons (Fsp3) is 0.588. The number of hydrogen-bond acceptors (Lipinski definition) is 4. The summed E-state index contributed by atoms with van der Waals surface area (Å²) in [5, 5.41) is 4.68. The SMILES string of the molecule is CNC(CCC1CCCCO1)Cc1nc2ccccc2s1. The number of rotatable bonds is 6. The van der Waals surface area contributed by atoms with E-state index < -0.39 is 0 Å². The second-order valence-electron chi connectivity index (χ2n) is 5.83. The number of likely N-dealkylation sites (N-methyl/N-ethyl adjacent to an activating group) is 1. The van der Waals surface area contributed by atoms with Gasteiger partial charge in [-0.1, -0.05) is 12.1 Å². The second kappa shape index (κ2) is 7.34. The molecule has 1 aromatic carbocycles. The van der Waals surface area contributed by atoms with Gasteiger partial charge in [0.25, 0.3) is 0 Å². The molecule has 0 radical (unpaired) electrons. The molecule has 2 unspecified atom stereocenters. The van der Waals surface area contributed by atoms with Gasteiger partial charge in [-0.15, -0.1) is 11.3 Å². The van der Waals surface area contributed by atoms with Crippen LogP contribution in [0.3, 0.4) is 0 Å². The zero-order valence-electron chi connectivity index (χ0n) is 12.7. The predicted molar refractivity (Wildman–Crippen MR) is 89.0 cm³/mol. The van der Waals surface area contributed by atoms with Crippen LogP contribution in [0, 0.1) is 0 Å². The maximum absolute atomic E-state index is 5.83. The van der Waals surface area contributed by atoms with Gasteiger partial charge in [-0.25, -0.2) is 4.98 Å². The number of fused-ring (bicyclic) bond motifs is 1. The highest BCUT2D eigenvalue weighted by Crippen LogP contribution is 2.24. The summed E-state index contributed by atoms with van der Waals surface area (Å²) in [6, 6.07) is 8.89. The van der Waals surface area contributed by atoms with E-state index >= 15 is 0 Å². The van der Waals surface area contributed by atoms with Crippen molar-refractivity contribution < 1.29 is 4.74 Å². The molecule has 1 aliphatic rings. The molecule has 1 N–H and O–H groups in total. The minimum atomic E-state index is 0.477. The van der Waals surface area contributed by atoms with E-state index in [9.17, 15) is 0 Å². The first kappa shape index (κ1) is 14.9. The van der Waals surface area contributed by atoms with Gasteiger partial charge in [-0.2, -0.15) is 0 Å². The number of para-hydroxylation sites is 1. The highest BCUT2D eigenvalue weighted by Gasteiger charge is 2.17. The summed E-state index contributed by atoms with van der Waals surface area (Å²) in [5.74, 6) is 0. The van der Waals surface area contributed by atoms with Crippen LogP contribution in [0.15, 0.2) is 24.3 Å². The van der Waals surface area contributed by atoms with Crippen LogP contribution < -0.4 is 5.32 Å². The van der Waals surface area contributed by atoms with Crippen molar-refractivity contribution in [2.24, 2.45) is 0 Å². The minimum absolute atomic E-state index is 0.477. The third-order valence-electron chi connectivity index (χ3n) is 4.28. The van der Waals surface area contributed by atoms with Crippen molar-refractivity contribution in [3.05, 3.63) is 29.3 Å². The van der Waals surface area contributed by atoms with Crippen LogP contribution in [0.4, 0.5) is 0 Å². The first-order valence-corrected chi connectivity index (χ1v) is 8.80. The number of nitrogens with one attached hydrogen (secondary N) is 1. The van der Waals surface area contributed by atoms with Crippen LogP contribution >= 0.6 is 11.3 Å². The van der Waals surface area contributed by atoms with E-state index in [2.05, 4.69) is 36.6 Å². The van der Waals surface area contributed by atoms with Crippen molar-refractivity contribution >= 4 is 21.6 Å². The lowest BCUT2D eigenvalue weighted by atomic mass is 10.0. The summed E-state index contributed by atoms with van der Waals surface area (Å²) in [4.78, 5) is 4.74. The van der Waals surface area contributed by atoms with Crippen molar-refractivity contribution in [3.8, 4) is 0 Å². The molecule has 0 aliphatic carbocycles. The lowest BCUT2D eigenvalue weighted by Gasteiger charge is -2.24. The van der Waals surface area contributed by atoms with Crippen molar-refractivity contribution in [3.63, 3.8) is 0 Å². The molecule has 21 heavy (non-hydrogen) atoms.